The fraction of sp³-hybridized carbons (Fsp3) is 1.00. The molecule has 0 atom stereocenters. The number of nitrogens with one attached hydrogen (secondary N) is 1. The average Bonchev–Trinajstić information content (AvgIpc) is 1.60. The van der Waals surface area contributed by atoms with Crippen molar-refractivity contribution in [2.45, 2.75) is 44.9 Å². The third-order valence-corrected chi connectivity index (χ3v) is 1.69. The molecule has 1 saturated carbocycles. The lowest BCUT2D eigenvalue weighted by atomic mass is 9.89. The van der Waals surface area contributed by atoms with Crippen LogP contribution >= 0.6 is 12.4 Å². The highest BCUT2D eigenvalue weighted by Crippen LogP contribution is 2.33. The second-order valence-corrected chi connectivity index (χ2v) is 3.12. The van der Waals surface area contributed by atoms with Gasteiger partial charge in [0, 0.05) is 6.04 Å². The van der Waals surface area contributed by atoms with Crippen molar-refractivity contribution < 1.29 is 4.39 Å². The average molecular weight is 168 g/mol. The van der Waals surface area contributed by atoms with Gasteiger partial charge in [-0.05, 0) is 33.1 Å². The maximum absolute atomic E-state index is 13.0. The molecule has 1 aliphatic rings. The number of halogens is 2. The molecular weight excluding hydrogens is 153 g/mol. The molecule has 62 valence electrons. The van der Waals surface area contributed by atoms with Crippen molar-refractivity contribution in [2.24, 2.45) is 0 Å². The van der Waals surface area contributed by atoms with E-state index in [1.165, 1.54) is 0 Å². The van der Waals surface area contributed by atoms with Crippen molar-refractivity contribution in [3.63, 3.8) is 0 Å². The Morgan fingerprint density at radius 2 is 1.90 bits per heavy atom. The number of alkyl halides is 1. The predicted octanol–water partition coefficient (Wildman–Crippen LogP) is 2.26. The fourth-order valence-corrected chi connectivity index (χ4v) is 1.15. The fourth-order valence-electron chi connectivity index (χ4n) is 1.15. The summed E-state index contributed by atoms with van der Waals surface area (Å²) in [6.07, 6.45) is 2.44. The quantitative estimate of drug-likeness (QED) is 0.623. The molecule has 0 spiro atoms. The van der Waals surface area contributed by atoms with Gasteiger partial charge < -0.3 is 0 Å². The van der Waals surface area contributed by atoms with Crippen molar-refractivity contribution in [3.8, 4) is 0 Å². The van der Waals surface area contributed by atoms with Crippen LogP contribution in [0.3, 0.4) is 0 Å². The molecule has 0 aromatic rings. The maximum Gasteiger partial charge on any atom is 0.161 e. The third-order valence-electron chi connectivity index (χ3n) is 1.69. The van der Waals surface area contributed by atoms with E-state index in [4.69, 9.17) is 0 Å². The Morgan fingerprint density at radius 1 is 1.40 bits per heavy atom. The summed E-state index contributed by atoms with van der Waals surface area (Å²) in [6, 6.07) is 0.273. The minimum atomic E-state index is -1.01. The summed E-state index contributed by atoms with van der Waals surface area (Å²) in [5.41, 5.74) is 0. The summed E-state index contributed by atoms with van der Waals surface area (Å²) in [5, 5.41) is 2.89. The lowest BCUT2D eigenvalue weighted by molar-refractivity contribution is 0.0172. The molecule has 1 nitrogen and oxygen atoms in total. The predicted molar refractivity (Wildman–Crippen MR) is 43.2 cm³/mol. The first-order valence-corrected chi connectivity index (χ1v) is 3.59. The molecule has 3 heteroatoms. The Hall–Kier alpha value is 0.180. The van der Waals surface area contributed by atoms with E-state index in [1.807, 2.05) is 13.8 Å². The summed E-state index contributed by atoms with van der Waals surface area (Å²) >= 11 is 0. The molecule has 0 radical (unpaired) electrons. The molecule has 0 bridgehead atoms. The normalized spacial score (nSPS) is 21.6. The van der Waals surface area contributed by atoms with Crippen LogP contribution in [-0.4, -0.2) is 11.8 Å². The van der Waals surface area contributed by atoms with E-state index in [0.717, 1.165) is 6.42 Å². The van der Waals surface area contributed by atoms with Crippen LogP contribution in [0.25, 0.3) is 0 Å². The molecule has 1 fully saturated rings. The third kappa shape index (κ3) is 2.43. The SMILES string of the molecule is CC(C)NC1(F)CCC1.Cl. The van der Waals surface area contributed by atoms with Crippen LogP contribution < -0.4 is 5.32 Å². The van der Waals surface area contributed by atoms with Crippen LogP contribution in [0.1, 0.15) is 33.1 Å². The van der Waals surface area contributed by atoms with Gasteiger partial charge in [0.1, 0.15) is 0 Å². The first-order valence-electron chi connectivity index (χ1n) is 3.59. The molecule has 0 heterocycles. The zero-order valence-electron chi connectivity index (χ0n) is 6.48. The van der Waals surface area contributed by atoms with Crippen LogP contribution in [0.15, 0.2) is 0 Å². The van der Waals surface area contributed by atoms with E-state index in [2.05, 4.69) is 5.32 Å². The molecule has 0 aromatic carbocycles. The number of hydrogen-bond acceptors (Lipinski definition) is 1. The summed E-state index contributed by atoms with van der Waals surface area (Å²) < 4.78 is 13.0. The van der Waals surface area contributed by atoms with E-state index in [-0.39, 0.29) is 18.4 Å². The molecule has 10 heavy (non-hydrogen) atoms. The molecule has 0 aromatic heterocycles. The molecule has 0 aliphatic heterocycles. The molecular formula is C7H15ClFN. The second kappa shape index (κ2) is 3.54. The molecule has 1 rings (SSSR count). The van der Waals surface area contributed by atoms with E-state index in [9.17, 15) is 4.39 Å². The van der Waals surface area contributed by atoms with Gasteiger partial charge in [0.15, 0.2) is 5.79 Å². The minimum Gasteiger partial charge on any atom is -0.283 e. The van der Waals surface area contributed by atoms with Gasteiger partial charge in [-0.25, -0.2) is 4.39 Å². The molecule has 0 saturated heterocycles. The van der Waals surface area contributed by atoms with Gasteiger partial charge in [0.25, 0.3) is 0 Å². The lowest BCUT2D eigenvalue weighted by Gasteiger charge is -2.36. The topological polar surface area (TPSA) is 12.0 Å². The minimum absolute atomic E-state index is 0. The van der Waals surface area contributed by atoms with Gasteiger partial charge >= 0.3 is 0 Å². The van der Waals surface area contributed by atoms with Crippen LogP contribution in [0.2, 0.25) is 0 Å². The van der Waals surface area contributed by atoms with Crippen molar-refractivity contribution in [2.75, 3.05) is 0 Å². The summed E-state index contributed by atoms with van der Waals surface area (Å²) in [7, 11) is 0. The highest BCUT2D eigenvalue weighted by molar-refractivity contribution is 5.85. The summed E-state index contributed by atoms with van der Waals surface area (Å²) in [6.45, 7) is 3.94. The maximum atomic E-state index is 13.0. The van der Waals surface area contributed by atoms with Crippen LogP contribution in [-0.2, 0) is 0 Å². The Kier molecular flexibility index (Phi) is 3.60. The molecule has 0 unspecified atom stereocenters. The van der Waals surface area contributed by atoms with Gasteiger partial charge in [-0.15, -0.1) is 12.4 Å². The van der Waals surface area contributed by atoms with E-state index >= 15 is 0 Å². The van der Waals surface area contributed by atoms with E-state index in [1.54, 1.807) is 0 Å². The monoisotopic (exact) mass is 167 g/mol. The number of hydrogen-bond donors (Lipinski definition) is 1. The van der Waals surface area contributed by atoms with Crippen LogP contribution in [0.4, 0.5) is 4.39 Å². The van der Waals surface area contributed by atoms with E-state index < -0.39 is 5.79 Å². The van der Waals surface area contributed by atoms with Gasteiger partial charge in [-0.3, -0.25) is 5.32 Å². The highest BCUT2D eigenvalue weighted by atomic mass is 35.5. The van der Waals surface area contributed by atoms with Gasteiger partial charge in [-0.2, -0.15) is 0 Å². The first kappa shape index (κ1) is 10.2. The Balaban J connectivity index is 0.000000810. The van der Waals surface area contributed by atoms with Gasteiger partial charge in [0.2, 0.25) is 0 Å². The molecule has 1 N–H and O–H groups in total. The second-order valence-electron chi connectivity index (χ2n) is 3.12. The van der Waals surface area contributed by atoms with Crippen molar-refractivity contribution in [3.05, 3.63) is 0 Å². The van der Waals surface area contributed by atoms with Crippen LogP contribution in [0, 0.1) is 0 Å². The van der Waals surface area contributed by atoms with Gasteiger partial charge in [-0.1, -0.05) is 0 Å². The number of rotatable bonds is 2. The molecule has 1 aliphatic carbocycles. The van der Waals surface area contributed by atoms with Crippen molar-refractivity contribution in [1.82, 2.24) is 5.32 Å². The van der Waals surface area contributed by atoms with Crippen LogP contribution in [0.5, 0.6) is 0 Å². The summed E-state index contributed by atoms with van der Waals surface area (Å²) in [5.74, 6) is -1.01. The highest BCUT2D eigenvalue weighted by Gasteiger charge is 2.36. The van der Waals surface area contributed by atoms with Gasteiger partial charge in [0.05, 0.1) is 0 Å². The zero-order valence-corrected chi connectivity index (χ0v) is 7.30. The zero-order chi connectivity index (χ0) is 6.91. The lowest BCUT2D eigenvalue weighted by Crippen LogP contribution is -2.49. The Bertz CT molecular complexity index is 102. The van der Waals surface area contributed by atoms with E-state index in [0.29, 0.717) is 12.8 Å². The van der Waals surface area contributed by atoms with Crippen molar-refractivity contribution >= 4 is 12.4 Å². The first-order chi connectivity index (χ1) is 4.12. The Morgan fingerprint density at radius 3 is 2.00 bits per heavy atom. The smallest absolute Gasteiger partial charge is 0.161 e. The largest absolute Gasteiger partial charge is 0.283 e. The van der Waals surface area contributed by atoms with Crippen molar-refractivity contribution in [1.29, 1.82) is 0 Å². The standard InChI is InChI=1S/C7H14FN.ClH/c1-6(2)9-7(8)4-3-5-7;/h6,9H,3-5H2,1-2H3;1H. The Labute approximate surface area is 67.8 Å². The molecule has 0 amide bonds. The summed E-state index contributed by atoms with van der Waals surface area (Å²) in [4.78, 5) is 0.